The van der Waals surface area contributed by atoms with Crippen LogP contribution in [0.3, 0.4) is 0 Å². The molecule has 1 unspecified atom stereocenters. The van der Waals surface area contributed by atoms with Crippen LogP contribution in [-0.4, -0.2) is 40.8 Å². The van der Waals surface area contributed by atoms with E-state index in [0.29, 0.717) is 41.1 Å². The molecule has 4 rings (SSSR count). The van der Waals surface area contributed by atoms with Crippen LogP contribution < -0.4 is 10.2 Å². The number of hydrogen-bond acceptors (Lipinski definition) is 4. The van der Waals surface area contributed by atoms with E-state index in [1.807, 2.05) is 23.1 Å². The van der Waals surface area contributed by atoms with Crippen molar-refractivity contribution < 1.29 is 9.59 Å². The Hall–Kier alpha value is -2.86. The number of hydrogen-bond donors (Lipinski definition) is 1. The van der Waals surface area contributed by atoms with Gasteiger partial charge in [0, 0.05) is 17.8 Å². The zero-order valence-electron chi connectivity index (χ0n) is 16.4. The number of amides is 2. The van der Waals surface area contributed by atoms with Gasteiger partial charge >= 0.3 is 0 Å². The highest BCUT2D eigenvalue weighted by atomic mass is 35.5. The Labute approximate surface area is 175 Å². The van der Waals surface area contributed by atoms with Gasteiger partial charge in [-0.1, -0.05) is 49.7 Å². The molecule has 0 saturated carbocycles. The Morgan fingerprint density at radius 2 is 2.07 bits per heavy atom. The Bertz CT molecular complexity index is 971. The predicted molar refractivity (Wildman–Crippen MR) is 114 cm³/mol. The highest BCUT2D eigenvalue weighted by molar-refractivity contribution is 6.30. The normalized spacial score (nSPS) is 18.2. The van der Waals surface area contributed by atoms with Gasteiger partial charge in [-0.3, -0.25) is 9.59 Å². The molecule has 3 heterocycles. The molecule has 0 saturated heterocycles. The topological polar surface area (TPSA) is 65.5 Å². The second kappa shape index (κ2) is 7.87. The molecule has 0 aliphatic carbocycles. The molecular formula is C22H23ClN4O2. The first-order valence-corrected chi connectivity index (χ1v) is 10.1. The lowest BCUT2D eigenvalue weighted by Gasteiger charge is -2.31. The summed E-state index contributed by atoms with van der Waals surface area (Å²) in [6, 6.07) is 9.22. The molecule has 0 radical (unpaired) electrons. The van der Waals surface area contributed by atoms with Gasteiger partial charge in [0.15, 0.2) is 5.82 Å². The summed E-state index contributed by atoms with van der Waals surface area (Å²) in [7, 11) is 0. The van der Waals surface area contributed by atoms with Crippen molar-refractivity contribution in [1.82, 2.24) is 9.88 Å². The van der Waals surface area contributed by atoms with Crippen LogP contribution in [0.25, 0.3) is 0 Å². The Kier molecular flexibility index (Phi) is 5.28. The van der Waals surface area contributed by atoms with Gasteiger partial charge in [0.2, 0.25) is 5.91 Å². The second-order valence-electron chi connectivity index (χ2n) is 7.67. The molecule has 0 fully saturated rings. The van der Waals surface area contributed by atoms with E-state index in [0.717, 1.165) is 5.56 Å². The monoisotopic (exact) mass is 410 g/mol. The minimum absolute atomic E-state index is 0.0678. The van der Waals surface area contributed by atoms with Gasteiger partial charge in [-0.25, -0.2) is 4.98 Å². The summed E-state index contributed by atoms with van der Waals surface area (Å²) < 4.78 is 0. The van der Waals surface area contributed by atoms with Gasteiger partial charge in [0.05, 0.1) is 30.4 Å². The lowest BCUT2D eigenvalue weighted by Crippen LogP contribution is -2.41. The van der Waals surface area contributed by atoms with Crippen LogP contribution in [0.5, 0.6) is 0 Å². The number of aromatic nitrogens is 1. The van der Waals surface area contributed by atoms with Gasteiger partial charge in [0.25, 0.3) is 5.91 Å². The van der Waals surface area contributed by atoms with E-state index in [1.165, 1.54) is 0 Å². The van der Waals surface area contributed by atoms with E-state index < -0.39 is 0 Å². The summed E-state index contributed by atoms with van der Waals surface area (Å²) in [6.07, 6.45) is 5.68. The first-order chi connectivity index (χ1) is 13.9. The third-order valence-electron chi connectivity index (χ3n) is 5.31. The second-order valence-corrected chi connectivity index (χ2v) is 8.11. The number of halogens is 1. The molecule has 0 spiro atoms. The summed E-state index contributed by atoms with van der Waals surface area (Å²) >= 11 is 5.97. The smallest absolute Gasteiger partial charge is 0.256 e. The number of nitrogens with zero attached hydrogens (tertiary/aromatic N) is 3. The van der Waals surface area contributed by atoms with Crippen molar-refractivity contribution in [3.05, 3.63) is 64.8 Å². The molecule has 0 bridgehead atoms. The average molecular weight is 411 g/mol. The quantitative estimate of drug-likeness (QED) is 0.780. The maximum Gasteiger partial charge on any atom is 0.256 e. The van der Waals surface area contributed by atoms with Crippen molar-refractivity contribution in [1.29, 1.82) is 0 Å². The third kappa shape index (κ3) is 3.85. The van der Waals surface area contributed by atoms with Crippen LogP contribution >= 0.6 is 11.6 Å². The van der Waals surface area contributed by atoms with Crippen LogP contribution in [0, 0.1) is 5.92 Å². The fourth-order valence-electron chi connectivity index (χ4n) is 3.75. The number of anilines is 2. The standard InChI is InChI=1S/C22H23ClN4O2/c1-14(2)18-4-3-9-26(18)22(29)16-10-19-21(24-11-16)25-12-20(28)27(19)13-15-5-7-17(23)8-6-15/h3-8,10-11,14,18H,9,12-13H2,1-2H3,(H,24,25). The SMILES string of the molecule is CC(C)C1C=CCN1C(=O)c1cnc2c(c1)N(Cc1ccc(Cl)cc1)C(=O)CN2. The first kappa shape index (κ1) is 19.5. The van der Waals surface area contributed by atoms with Crippen molar-refractivity contribution >= 4 is 34.9 Å². The minimum Gasteiger partial charge on any atom is -0.359 e. The number of carbonyl (C=O) groups excluding carboxylic acids is 2. The van der Waals surface area contributed by atoms with E-state index in [9.17, 15) is 9.59 Å². The number of rotatable bonds is 4. The average Bonchev–Trinajstić information content (AvgIpc) is 3.21. The van der Waals surface area contributed by atoms with Crippen LogP contribution in [-0.2, 0) is 11.3 Å². The van der Waals surface area contributed by atoms with E-state index in [-0.39, 0.29) is 24.4 Å². The molecule has 29 heavy (non-hydrogen) atoms. The minimum atomic E-state index is -0.0755. The summed E-state index contributed by atoms with van der Waals surface area (Å²) in [5.41, 5.74) is 2.06. The lowest BCUT2D eigenvalue weighted by atomic mass is 10.0. The molecule has 7 heteroatoms. The number of nitrogens with one attached hydrogen (secondary N) is 1. The van der Waals surface area contributed by atoms with E-state index >= 15 is 0 Å². The van der Waals surface area contributed by atoms with Crippen LogP contribution in [0.2, 0.25) is 5.02 Å². The molecule has 1 aromatic heterocycles. The van der Waals surface area contributed by atoms with Gasteiger partial charge in [-0.05, 0) is 29.7 Å². The van der Waals surface area contributed by atoms with Crippen molar-refractivity contribution in [2.24, 2.45) is 5.92 Å². The number of carbonyl (C=O) groups is 2. The van der Waals surface area contributed by atoms with E-state index in [1.54, 1.807) is 29.3 Å². The van der Waals surface area contributed by atoms with Gasteiger partial charge < -0.3 is 15.1 Å². The summed E-state index contributed by atoms with van der Waals surface area (Å²) in [5.74, 6) is 0.790. The number of benzene rings is 1. The largest absolute Gasteiger partial charge is 0.359 e. The molecule has 2 amide bonds. The third-order valence-corrected chi connectivity index (χ3v) is 5.56. The van der Waals surface area contributed by atoms with Crippen LogP contribution in [0.4, 0.5) is 11.5 Å². The number of fused-ring (bicyclic) bond motifs is 1. The molecule has 1 atom stereocenters. The van der Waals surface area contributed by atoms with Crippen LogP contribution in [0.15, 0.2) is 48.7 Å². The molecular weight excluding hydrogens is 388 g/mol. The summed E-state index contributed by atoms with van der Waals surface area (Å²) in [5, 5.41) is 3.69. The highest BCUT2D eigenvalue weighted by Gasteiger charge is 2.30. The zero-order valence-corrected chi connectivity index (χ0v) is 17.2. The number of pyridine rings is 1. The molecule has 2 aromatic rings. The summed E-state index contributed by atoms with van der Waals surface area (Å²) in [4.78, 5) is 33.7. The van der Waals surface area contributed by atoms with Crippen molar-refractivity contribution in [2.45, 2.75) is 26.4 Å². The Morgan fingerprint density at radius 3 is 2.79 bits per heavy atom. The zero-order chi connectivity index (χ0) is 20.5. The van der Waals surface area contributed by atoms with Gasteiger partial charge in [0.1, 0.15) is 0 Å². The van der Waals surface area contributed by atoms with Crippen LogP contribution in [0.1, 0.15) is 29.8 Å². The van der Waals surface area contributed by atoms with Crippen molar-refractivity contribution in [3.8, 4) is 0 Å². The molecule has 150 valence electrons. The van der Waals surface area contributed by atoms with Gasteiger partial charge in [-0.2, -0.15) is 0 Å². The van der Waals surface area contributed by atoms with Gasteiger partial charge in [-0.15, -0.1) is 0 Å². The maximum atomic E-state index is 13.1. The fourth-order valence-corrected chi connectivity index (χ4v) is 3.88. The van der Waals surface area contributed by atoms with Crippen molar-refractivity contribution in [3.63, 3.8) is 0 Å². The molecule has 6 nitrogen and oxygen atoms in total. The highest BCUT2D eigenvalue weighted by Crippen LogP contribution is 2.31. The fraction of sp³-hybridized carbons (Fsp3) is 0.318. The maximum absolute atomic E-state index is 13.1. The Morgan fingerprint density at radius 1 is 1.31 bits per heavy atom. The summed E-state index contributed by atoms with van der Waals surface area (Å²) in [6.45, 7) is 5.35. The molecule has 2 aliphatic rings. The molecule has 1 N–H and O–H groups in total. The van der Waals surface area contributed by atoms with E-state index in [2.05, 4.69) is 30.2 Å². The lowest BCUT2D eigenvalue weighted by molar-refractivity contribution is -0.117. The molecule has 2 aliphatic heterocycles. The van der Waals surface area contributed by atoms with Crippen molar-refractivity contribution in [2.75, 3.05) is 23.3 Å². The molecule has 1 aromatic carbocycles. The predicted octanol–water partition coefficient (Wildman–Crippen LogP) is 3.73. The van der Waals surface area contributed by atoms with E-state index in [4.69, 9.17) is 11.6 Å². The Balaban J connectivity index is 1.63. The first-order valence-electron chi connectivity index (χ1n) is 9.70.